The average Bonchev–Trinajstić information content (AvgIpc) is 2.37. The van der Waals surface area contributed by atoms with Crippen LogP contribution in [0.3, 0.4) is 0 Å². The fourth-order valence-electron chi connectivity index (χ4n) is 1.96. The zero-order valence-corrected chi connectivity index (χ0v) is 13.7. The van der Waals surface area contributed by atoms with Crippen molar-refractivity contribution in [2.75, 3.05) is 30.9 Å². The molecule has 0 amide bonds. The van der Waals surface area contributed by atoms with Gasteiger partial charge in [-0.05, 0) is 30.5 Å². The smallest absolute Gasteiger partial charge is 0.266 e. The van der Waals surface area contributed by atoms with Crippen LogP contribution in [0, 0.1) is 5.92 Å². The molecule has 7 heteroatoms. The molecule has 0 saturated heterocycles. The van der Waals surface area contributed by atoms with E-state index in [1.807, 2.05) is 25.1 Å². The van der Waals surface area contributed by atoms with Crippen LogP contribution in [0.2, 0.25) is 0 Å². The van der Waals surface area contributed by atoms with E-state index in [1.54, 1.807) is 12.1 Å². The van der Waals surface area contributed by atoms with Crippen LogP contribution >= 0.6 is 0 Å². The molecule has 1 aliphatic rings. The Morgan fingerprint density at radius 3 is 2.62 bits per heavy atom. The SMILES string of the molecule is CC(C)CCN=C1Nc2ccc(N(C)C)cc2S(=O)(=O)N1. The second kappa shape index (κ2) is 5.93. The van der Waals surface area contributed by atoms with Crippen LogP contribution < -0.4 is 14.9 Å². The maximum Gasteiger partial charge on any atom is 0.266 e. The minimum absolute atomic E-state index is 0.247. The lowest BCUT2D eigenvalue weighted by Gasteiger charge is -2.23. The summed E-state index contributed by atoms with van der Waals surface area (Å²) in [7, 11) is 0.176. The molecule has 1 heterocycles. The summed E-state index contributed by atoms with van der Waals surface area (Å²) < 4.78 is 27.1. The van der Waals surface area contributed by atoms with Gasteiger partial charge in [-0.2, -0.15) is 0 Å². The fraction of sp³-hybridized carbons (Fsp3) is 0.500. The van der Waals surface area contributed by atoms with Gasteiger partial charge >= 0.3 is 0 Å². The van der Waals surface area contributed by atoms with Gasteiger partial charge in [0.15, 0.2) is 0 Å². The molecule has 116 valence electrons. The van der Waals surface area contributed by atoms with E-state index in [0.29, 0.717) is 24.1 Å². The summed E-state index contributed by atoms with van der Waals surface area (Å²) in [6, 6.07) is 5.29. The van der Waals surface area contributed by atoms with Gasteiger partial charge in [-0.25, -0.2) is 13.1 Å². The highest BCUT2D eigenvalue weighted by molar-refractivity contribution is 7.90. The van der Waals surface area contributed by atoms with Crippen LogP contribution in [0.1, 0.15) is 20.3 Å². The number of anilines is 2. The molecular weight excluding hydrogens is 288 g/mol. The molecule has 0 spiro atoms. The standard InChI is InChI=1S/C14H22N4O2S/c1-10(2)7-8-15-14-16-12-6-5-11(18(3)4)9-13(12)21(19,20)17-14/h5-6,9-10H,7-8H2,1-4H3,(H2,15,16,17). The number of hydrogen-bond donors (Lipinski definition) is 2. The van der Waals surface area contributed by atoms with Crippen molar-refractivity contribution < 1.29 is 8.42 Å². The molecule has 1 aliphatic heterocycles. The average molecular weight is 310 g/mol. The van der Waals surface area contributed by atoms with Crippen molar-refractivity contribution >= 4 is 27.4 Å². The first-order valence-corrected chi connectivity index (χ1v) is 8.43. The Kier molecular flexibility index (Phi) is 4.41. The van der Waals surface area contributed by atoms with Crippen molar-refractivity contribution in [2.45, 2.75) is 25.2 Å². The van der Waals surface area contributed by atoms with Crippen LogP contribution in [0.5, 0.6) is 0 Å². The van der Waals surface area contributed by atoms with Crippen molar-refractivity contribution in [3.8, 4) is 0 Å². The first-order valence-electron chi connectivity index (χ1n) is 6.95. The van der Waals surface area contributed by atoms with E-state index in [0.717, 1.165) is 12.1 Å². The number of sulfonamides is 1. The Morgan fingerprint density at radius 2 is 2.00 bits per heavy atom. The first-order chi connectivity index (χ1) is 9.79. The minimum atomic E-state index is -3.57. The van der Waals surface area contributed by atoms with Gasteiger partial charge in [-0.1, -0.05) is 13.8 Å². The quantitative estimate of drug-likeness (QED) is 0.890. The Morgan fingerprint density at radius 1 is 1.29 bits per heavy atom. The third-order valence-corrected chi connectivity index (χ3v) is 4.61. The molecule has 21 heavy (non-hydrogen) atoms. The first kappa shape index (κ1) is 15.6. The zero-order chi connectivity index (χ0) is 15.6. The topological polar surface area (TPSA) is 73.8 Å². The van der Waals surface area contributed by atoms with E-state index >= 15 is 0 Å². The largest absolute Gasteiger partial charge is 0.378 e. The lowest BCUT2D eigenvalue weighted by molar-refractivity contribution is 0.589. The Bertz CT molecular complexity index is 651. The van der Waals surface area contributed by atoms with Gasteiger partial charge in [-0.15, -0.1) is 0 Å². The van der Waals surface area contributed by atoms with Crippen LogP contribution in [0.15, 0.2) is 28.1 Å². The highest BCUT2D eigenvalue weighted by atomic mass is 32.2. The summed E-state index contributed by atoms with van der Waals surface area (Å²) in [5, 5.41) is 3.03. The molecule has 1 aromatic rings. The number of fused-ring (bicyclic) bond motifs is 1. The second-order valence-corrected chi connectivity index (χ2v) is 7.37. The second-order valence-electron chi connectivity index (χ2n) is 5.72. The molecular formula is C14H22N4O2S. The number of rotatable bonds is 4. The number of benzene rings is 1. The van der Waals surface area contributed by atoms with Crippen molar-refractivity contribution in [2.24, 2.45) is 10.9 Å². The third-order valence-electron chi connectivity index (χ3n) is 3.23. The monoisotopic (exact) mass is 310 g/mol. The number of guanidine groups is 1. The van der Waals surface area contributed by atoms with Gasteiger partial charge in [0, 0.05) is 26.3 Å². The van der Waals surface area contributed by atoms with E-state index in [4.69, 9.17) is 0 Å². The van der Waals surface area contributed by atoms with Gasteiger partial charge < -0.3 is 10.2 Å². The maximum absolute atomic E-state index is 12.3. The third kappa shape index (κ3) is 3.66. The molecule has 0 fully saturated rings. The van der Waals surface area contributed by atoms with Crippen LogP contribution in [0.4, 0.5) is 11.4 Å². The van der Waals surface area contributed by atoms with E-state index in [2.05, 4.69) is 28.9 Å². The molecule has 0 aromatic heterocycles. The highest BCUT2D eigenvalue weighted by Crippen LogP contribution is 2.28. The van der Waals surface area contributed by atoms with Gasteiger partial charge in [0.05, 0.1) is 5.69 Å². The number of aliphatic imine (C=N–C) groups is 1. The molecule has 1 aromatic carbocycles. The number of hydrogen-bond acceptors (Lipinski definition) is 4. The highest BCUT2D eigenvalue weighted by Gasteiger charge is 2.26. The van der Waals surface area contributed by atoms with Gasteiger partial charge in [0.2, 0.25) is 5.96 Å². The molecule has 2 rings (SSSR count). The predicted octanol–water partition coefficient (Wildman–Crippen LogP) is 1.86. The van der Waals surface area contributed by atoms with Crippen LogP contribution in [0.25, 0.3) is 0 Å². The lowest BCUT2D eigenvalue weighted by Crippen LogP contribution is -2.41. The zero-order valence-electron chi connectivity index (χ0n) is 12.8. The number of nitrogens with zero attached hydrogens (tertiary/aromatic N) is 2. The van der Waals surface area contributed by atoms with E-state index in [1.165, 1.54) is 0 Å². The summed E-state index contributed by atoms with van der Waals surface area (Å²) >= 11 is 0. The molecule has 0 aliphatic carbocycles. The Hall–Kier alpha value is -1.76. The lowest BCUT2D eigenvalue weighted by atomic mass is 10.1. The van der Waals surface area contributed by atoms with E-state index < -0.39 is 10.0 Å². The molecule has 0 bridgehead atoms. The maximum atomic E-state index is 12.3. The molecule has 2 N–H and O–H groups in total. The summed E-state index contributed by atoms with van der Waals surface area (Å²) in [4.78, 5) is 6.39. The Balaban J connectivity index is 2.29. The van der Waals surface area contributed by atoms with Crippen molar-refractivity contribution in [3.63, 3.8) is 0 Å². The van der Waals surface area contributed by atoms with Gasteiger partial charge in [0.25, 0.3) is 10.0 Å². The Labute approximate surface area is 126 Å². The van der Waals surface area contributed by atoms with Crippen LogP contribution in [-0.2, 0) is 10.0 Å². The minimum Gasteiger partial charge on any atom is -0.378 e. The fourth-order valence-corrected chi connectivity index (χ4v) is 3.12. The summed E-state index contributed by atoms with van der Waals surface area (Å²) in [5.74, 6) is 0.824. The number of nitrogens with one attached hydrogen (secondary N) is 2. The van der Waals surface area contributed by atoms with Crippen LogP contribution in [-0.4, -0.2) is 35.0 Å². The van der Waals surface area contributed by atoms with E-state index in [9.17, 15) is 8.42 Å². The summed E-state index contributed by atoms with van der Waals surface area (Å²) in [6.45, 7) is 4.81. The van der Waals surface area contributed by atoms with Gasteiger partial charge in [0.1, 0.15) is 4.90 Å². The molecule has 0 atom stereocenters. The van der Waals surface area contributed by atoms with Crippen molar-refractivity contribution in [1.82, 2.24) is 4.72 Å². The molecule has 0 saturated carbocycles. The predicted molar refractivity (Wildman–Crippen MR) is 86.5 cm³/mol. The molecule has 0 radical (unpaired) electrons. The molecule has 0 unspecified atom stereocenters. The van der Waals surface area contributed by atoms with Crippen molar-refractivity contribution in [3.05, 3.63) is 18.2 Å². The van der Waals surface area contributed by atoms with Crippen molar-refractivity contribution in [1.29, 1.82) is 0 Å². The summed E-state index contributed by atoms with van der Waals surface area (Å²) in [6.07, 6.45) is 0.916. The van der Waals surface area contributed by atoms with E-state index in [-0.39, 0.29) is 4.90 Å². The normalized spacial score (nSPS) is 18.0. The summed E-state index contributed by atoms with van der Waals surface area (Å²) in [5.41, 5.74) is 1.39. The van der Waals surface area contributed by atoms with Gasteiger partial charge in [-0.3, -0.25) is 4.99 Å². The molecule has 6 nitrogen and oxygen atoms in total.